The van der Waals surface area contributed by atoms with Gasteiger partial charge in [0.1, 0.15) is 9.71 Å². The van der Waals surface area contributed by atoms with E-state index in [1.165, 1.54) is 11.3 Å². The van der Waals surface area contributed by atoms with Crippen molar-refractivity contribution >= 4 is 54.8 Å². The summed E-state index contributed by atoms with van der Waals surface area (Å²) in [6, 6.07) is 11.2. The number of nitrogens with one attached hydrogen (secondary N) is 1. The van der Waals surface area contributed by atoms with Crippen LogP contribution in [0.15, 0.2) is 40.9 Å². The second kappa shape index (κ2) is 5.46. The molecule has 3 N–H and O–H groups in total. The smallest absolute Gasteiger partial charge is 0.267 e. The van der Waals surface area contributed by atoms with Gasteiger partial charge in [0.05, 0.1) is 11.4 Å². The molecule has 1 aromatic carbocycles. The van der Waals surface area contributed by atoms with Gasteiger partial charge in [-0.25, -0.2) is 4.98 Å². The van der Waals surface area contributed by atoms with Gasteiger partial charge in [-0.2, -0.15) is 0 Å². The van der Waals surface area contributed by atoms with Crippen LogP contribution in [0.2, 0.25) is 0 Å². The number of carbonyl (C=O) groups excluding carboxylic acids is 1. The summed E-state index contributed by atoms with van der Waals surface area (Å²) in [6.07, 6.45) is 0. The number of hydrogen-bond acceptors (Lipinski definition) is 4. The highest BCUT2D eigenvalue weighted by molar-refractivity contribution is 9.10. The molecule has 0 saturated heterocycles. The molecule has 4 nitrogen and oxygen atoms in total. The Hall–Kier alpha value is -1.92. The number of benzene rings is 1. The van der Waals surface area contributed by atoms with Crippen LogP contribution in [0.25, 0.3) is 10.2 Å². The molecule has 2 heterocycles. The van der Waals surface area contributed by atoms with Gasteiger partial charge in [0, 0.05) is 15.6 Å². The van der Waals surface area contributed by atoms with Crippen LogP contribution in [0.5, 0.6) is 0 Å². The van der Waals surface area contributed by atoms with Crippen LogP contribution < -0.4 is 11.1 Å². The lowest BCUT2D eigenvalue weighted by Gasteiger charge is -2.06. The van der Waals surface area contributed by atoms with E-state index in [1.54, 1.807) is 0 Å². The molecule has 0 aliphatic heterocycles. The Morgan fingerprint density at radius 3 is 2.81 bits per heavy atom. The first-order chi connectivity index (χ1) is 10.1. The number of pyridine rings is 1. The first kappa shape index (κ1) is 14.0. The van der Waals surface area contributed by atoms with Crippen LogP contribution in [0.1, 0.15) is 15.4 Å². The number of para-hydroxylation sites is 1. The van der Waals surface area contributed by atoms with Gasteiger partial charge in [-0.1, -0.05) is 12.1 Å². The van der Waals surface area contributed by atoms with E-state index < -0.39 is 0 Å². The number of thiophene rings is 1. The van der Waals surface area contributed by atoms with Crippen molar-refractivity contribution < 1.29 is 4.79 Å². The molecule has 3 aromatic rings. The maximum atomic E-state index is 12.4. The summed E-state index contributed by atoms with van der Waals surface area (Å²) in [5.74, 6) is -0.222. The summed E-state index contributed by atoms with van der Waals surface area (Å²) in [5, 5.41) is 3.68. The van der Waals surface area contributed by atoms with Crippen LogP contribution in [0, 0.1) is 6.92 Å². The maximum absolute atomic E-state index is 12.4. The first-order valence-electron chi connectivity index (χ1n) is 6.28. The fourth-order valence-electron chi connectivity index (χ4n) is 2.00. The molecule has 0 saturated carbocycles. The van der Waals surface area contributed by atoms with Crippen LogP contribution in [0.3, 0.4) is 0 Å². The van der Waals surface area contributed by atoms with E-state index in [2.05, 4.69) is 26.2 Å². The Morgan fingerprint density at radius 2 is 2.05 bits per heavy atom. The average molecular weight is 362 g/mol. The van der Waals surface area contributed by atoms with Crippen molar-refractivity contribution in [2.24, 2.45) is 0 Å². The Kier molecular flexibility index (Phi) is 3.65. The summed E-state index contributed by atoms with van der Waals surface area (Å²) in [5.41, 5.74) is 8.17. The minimum atomic E-state index is -0.222. The maximum Gasteiger partial charge on any atom is 0.267 e. The van der Waals surface area contributed by atoms with Crippen LogP contribution in [-0.2, 0) is 0 Å². The molecule has 0 radical (unpaired) electrons. The number of nitrogens with two attached hydrogens (primary N) is 1. The Labute approximate surface area is 134 Å². The molecule has 0 bridgehead atoms. The second-order valence-corrected chi connectivity index (χ2v) is 6.44. The number of halogens is 1. The molecule has 6 heteroatoms. The molecule has 21 heavy (non-hydrogen) atoms. The van der Waals surface area contributed by atoms with Crippen molar-refractivity contribution in [2.45, 2.75) is 6.92 Å². The number of aryl methyl sites for hydroxylation is 1. The van der Waals surface area contributed by atoms with Crippen molar-refractivity contribution in [1.82, 2.24) is 4.98 Å². The first-order valence-corrected chi connectivity index (χ1v) is 7.88. The number of hydrogen-bond donors (Lipinski definition) is 2. The van der Waals surface area contributed by atoms with Crippen LogP contribution in [-0.4, -0.2) is 10.9 Å². The van der Waals surface area contributed by atoms with Gasteiger partial charge in [-0.15, -0.1) is 11.3 Å². The number of nitrogens with zero attached hydrogens (tertiary/aromatic N) is 1. The molecule has 0 unspecified atom stereocenters. The number of nitrogen functional groups attached to an aromatic ring is 1. The molecule has 3 rings (SSSR count). The van der Waals surface area contributed by atoms with E-state index in [0.717, 1.165) is 20.4 Å². The topological polar surface area (TPSA) is 68.0 Å². The van der Waals surface area contributed by atoms with Crippen LogP contribution >= 0.6 is 27.3 Å². The fraction of sp³-hybridized carbons (Fsp3) is 0.0667. The molecular weight excluding hydrogens is 350 g/mol. The van der Waals surface area contributed by atoms with Crippen LogP contribution in [0.4, 0.5) is 11.4 Å². The zero-order chi connectivity index (χ0) is 15.0. The Bertz CT molecular complexity index is 844. The predicted octanol–water partition coefficient (Wildman–Crippen LogP) is 4.20. The molecule has 0 aliphatic carbocycles. The molecular formula is C15H12BrN3OS. The average Bonchev–Trinajstić information content (AvgIpc) is 2.78. The summed E-state index contributed by atoms with van der Waals surface area (Å²) in [4.78, 5) is 18.1. The van der Waals surface area contributed by atoms with E-state index in [1.807, 2.05) is 43.3 Å². The lowest BCUT2D eigenvalue weighted by atomic mass is 10.2. The van der Waals surface area contributed by atoms with E-state index in [-0.39, 0.29) is 5.91 Å². The summed E-state index contributed by atoms with van der Waals surface area (Å²) in [6.45, 7) is 1.91. The number of amides is 1. The Morgan fingerprint density at radius 1 is 1.29 bits per heavy atom. The molecule has 0 spiro atoms. The number of anilines is 2. The van der Waals surface area contributed by atoms with E-state index in [9.17, 15) is 4.79 Å². The second-order valence-electron chi connectivity index (χ2n) is 4.58. The van der Waals surface area contributed by atoms with Crippen molar-refractivity contribution in [3.63, 3.8) is 0 Å². The minimum Gasteiger partial charge on any atom is -0.397 e. The number of carbonyl (C=O) groups is 1. The van der Waals surface area contributed by atoms with Gasteiger partial charge < -0.3 is 11.1 Å². The molecule has 106 valence electrons. The highest BCUT2D eigenvalue weighted by Gasteiger charge is 2.17. The minimum absolute atomic E-state index is 0.222. The predicted molar refractivity (Wildman–Crippen MR) is 90.9 cm³/mol. The lowest BCUT2D eigenvalue weighted by molar-refractivity contribution is 0.103. The molecule has 0 aliphatic rings. The van der Waals surface area contributed by atoms with Crippen molar-refractivity contribution in [3.05, 3.63) is 51.4 Å². The highest BCUT2D eigenvalue weighted by atomic mass is 79.9. The van der Waals surface area contributed by atoms with E-state index >= 15 is 0 Å². The summed E-state index contributed by atoms with van der Waals surface area (Å²) < 4.78 is 0.826. The zero-order valence-electron chi connectivity index (χ0n) is 11.2. The number of fused-ring (bicyclic) bond motifs is 1. The number of rotatable bonds is 2. The lowest BCUT2D eigenvalue weighted by Crippen LogP contribution is -2.12. The van der Waals surface area contributed by atoms with Crippen molar-refractivity contribution in [2.75, 3.05) is 11.1 Å². The van der Waals surface area contributed by atoms with Crippen molar-refractivity contribution in [3.8, 4) is 0 Å². The van der Waals surface area contributed by atoms with E-state index in [4.69, 9.17) is 5.73 Å². The van der Waals surface area contributed by atoms with Gasteiger partial charge in [-0.05, 0) is 47.1 Å². The van der Waals surface area contributed by atoms with Gasteiger partial charge in [0.15, 0.2) is 0 Å². The third-order valence-electron chi connectivity index (χ3n) is 3.06. The zero-order valence-corrected chi connectivity index (χ0v) is 13.6. The largest absolute Gasteiger partial charge is 0.397 e. The molecule has 1 amide bonds. The Balaban J connectivity index is 1.98. The summed E-state index contributed by atoms with van der Waals surface area (Å²) >= 11 is 4.71. The molecule has 2 aromatic heterocycles. The standard InChI is InChI=1S/C15H12BrN3OS/c1-8-6-7-9-12(17)13(21-15(9)18-8)14(20)19-11-5-3-2-4-10(11)16/h2-7H,17H2,1H3,(H,19,20). The third-order valence-corrected chi connectivity index (χ3v) is 4.87. The normalized spacial score (nSPS) is 10.8. The highest BCUT2D eigenvalue weighted by Crippen LogP contribution is 2.33. The van der Waals surface area contributed by atoms with Gasteiger partial charge in [-0.3, -0.25) is 4.79 Å². The monoisotopic (exact) mass is 361 g/mol. The third kappa shape index (κ3) is 2.64. The van der Waals surface area contributed by atoms with Gasteiger partial charge >= 0.3 is 0 Å². The van der Waals surface area contributed by atoms with Gasteiger partial charge in [0.25, 0.3) is 5.91 Å². The van der Waals surface area contributed by atoms with Gasteiger partial charge in [0.2, 0.25) is 0 Å². The SMILES string of the molecule is Cc1ccc2c(N)c(C(=O)Nc3ccccc3Br)sc2n1. The number of aromatic nitrogens is 1. The molecule has 0 atom stereocenters. The summed E-state index contributed by atoms with van der Waals surface area (Å²) in [7, 11) is 0. The quantitative estimate of drug-likeness (QED) is 0.718. The van der Waals surface area contributed by atoms with Crippen molar-refractivity contribution in [1.29, 1.82) is 0 Å². The molecule has 0 fully saturated rings. The van der Waals surface area contributed by atoms with E-state index in [0.29, 0.717) is 16.3 Å². The fourth-order valence-corrected chi connectivity index (χ4v) is 3.42.